The van der Waals surface area contributed by atoms with E-state index in [1.165, 1.54) is 0 Å². The topological polar surface area (TPSA) is 21.3 Å². The van der Waals surface area contributed by atoms with Gasteiger partial charge in [0.15, 0.2) is 0 Å². The van der Waals surface area contributed by atoms with E-state index in [0.717, 1.165) is 28.4 Å². The monoisotopic (exact) mass is 261 g/mol. The molecule has 0 unspecified atom stereocenters. The first-order chi connectivity index (χ1) is 8.79. The Morgan fingerprint density at radius 2 is 1.89 bits per heavy atom. The zero-order chi connectivity index (χ0) is 12.8. The van der Waals surface area contributed by atoms with Gasteiger partial charge < -0.3 is 10.1 Å². The first-order valence-electron chi connectivity index (χ1n) is 5.89. The van der Waals surface area contributed by atoms with Crippen molar-refractivity contribution in [3.05, 3.63) is 64.7 Å². The van der Waals surface area contributed by atoms with Gasteiger partial charge in [0.25, 0.3) is 0 Å². The molecule has 3 heteroatoms. The standard InChI is InChI=1S/C15H16ClNO/c1-17-10-13-9-14(16)7-8-15(13)18-11-12-5-3-2-4-6-12/h2-9,17H,10-11H2,1H3. The van der Waals surface area contributed by atoms with Gasteiger partial charge in [0, 0.05) is 17.1 Å². The van der Waals surface area contributed by atoms with Gasteiger partial charge in [-0.2, -0.15) is 0 Å². The third-order valence-electron chi connectivity index (χ3n) is 2.63. The van der Waals surface area contributed by atoms with Gasteiger partial charge >= 0.3 is 0 Å². The summed E-state index contributed by atoms with van der Waals surface area (Å²) in [5.41, 5.74) is 2.23. The van der Waals surface area contributed by atoms with Crippen LogP contribution in [0.4, 0.5) is 0 Å². The minimum atomic E-state index is 0.569. The highest BCUT2D eigenvalue weighted by Crippen LogP contribution is 2.23. The Morgan fingerprint density at radius 3 is 2.61 bits per heavy atom. The van der Waals surface area contributed by atoms with Crippen LogP contribution in [0, 0.1) is 0 Å². The number of hydrogen-bond donors (Lipinski definition) is 1. The Hall–Kier alpha value is -1.51. The van der Waals surface area contributed by atoms with Crippen molar-refractivity contribution in [1.82, 2.24) is 5.32 Å². The molecule has 0 atom stereocenters. The highest BCUT2D eigenvalue weighted by Gasteiger charge is 2.04. The Bertz CT molecular complexity index is 499. The lowest BCUT2D eigenvalue weighted by atomic mass is 10.2. The van der Waals surface area contributed by atoms with Crippen molar-refractivity contribution in [3.63, 3.8) is 0 Å². The maximum Gasteiger partial charge on any atom is 0.124 e. The van der Waals surface area contributed by atoms with E-state index >= 15 is 0 Å². The van der Waals surface area contributed by atoms with E-state index in [2.05, 4.69) is 5.32 Å². The van der Waals surface area contributed by atoms with Gasteiger partial charge in [0.1, 0.15) is 12.4 Å². The van der Waals surface area contributed by atoms with Crippen LogP contribution in [0.3, 0.4) is 0 Å². The molecular weight excluding hydrogens is 246 g/mol. The molecule has 0 fully saturated rings. The maximum atomic E-state index is 5.99. The fraction of sp³-hybridized carbons (Fsp3) is 0.200. The number of rotatable bonds is 5. The van der Waals surface area contributed by atoms with Crippen LogP contribution in [0.15, 0.2) is 48.5 Å². The lowest BCUT2D eigenvalue weighted by Gasteiger charge is -2.11. The molecule has 18 heavy (non-hydrogen) atoms. The van der Waals surface area contributed by atoms with Crippen molar-refractivity contribution in [2.24, 2.45) is 0 Å². The van der Waals surface area contributed by atoms with Gasteiger partial charge in [-0.05, 0) is 30.8 Å². The number of hydrogen-bond acceptors (Lipinski definition) is 2. The average Bonchev–Trinajstić information content (AvgIpc) is 2.39. The van der Waals surface area contributed by atoms with Crippen LogP contribution < -0.4 is 10.1 Å². The summed E-state index contributed by atoms with van der Waals surface area (Å²) >= 11 is 5.99. The summed E-state index contributed by atoms with van der Waals surface area (Å²) in [4.78, 5) is 0. The second kappa shape index (κ2) is 6.43. The van der Waals surface area contributed by atoms with Crippen LogP contribution in [0.1, 0.15) is 11.1 Å². The average molecular weight is 262 g/mol. The van der Waals surface area contributed by atoms with Gasteiger partial charge in [-0.3, -0.25) is 0 Å². The van der Waals surface area contributed by atoms with Crippen molar-refractivity contribution in [3.8, 4) is 5.75 Å². The Balaban J connectivity index is 2.09. The molecule has 0 radical (unpaired) electrons. The number of halogens is 1. The van der Waals surface area contributed by atoms with Crippen LogP contribution in [0.25, 0.3) is 0 Å². The Kier molecular flexibility index (Phi) is 4.62. The molecule has 0 amide bonds. The normalized spacial score (nSPS) is 10.3. The molecule has 2 rings (SSSR count). The van der Waals surface area contributed by atoms with Crippen molar-refractivity contribution in [2.45, 2.75) is 13.2 Å². The van der Waals surface area contributed by atoms with Gasteiger partial charge in [-0.15, -0.1) is 0 Å². The lowest BCUT2D eigenvalue weighted by Crippen LogP contribution is -2.07. The summed E-state index contributed by atoms with van der Waals surface area (Å²) < 4.78 is 5.83. The van der Waals surface area contributed by atoms with Crippen LogP contribution in [0.5, 0.6) is 5.75 Å². The van der Waals surface area contributed by atoms with Crippen LogP contribution in [-0.4, -0.2) is 7.05 Å². The predicted octanol–water partition coefficient (Wildman–Crippen LogP) is 3.64. The van der Waals surface area contributed by atoms with Gasteiger partial charge in [0.2, 0.25) is 0 Å². The fourth-order valence-electron chi connectivity index (χ4n) is 1.75. The van der Waals surface area contributed by atoms with Crippen LogP contribution >= 0.6 is 11.6 Å². The van der Waals surface area contributed by atoms with Crippen LogP contribution in [0.2, 0.25) is 5.02 Å². The van der Waals surface area contributed by atoms with E-state index in [9.17, 15) is 0 Å². The Morgan fingerprint density at radius 1 is 1.11 bits per heavy atom. The summed E-state index contributed by atoms with van der Waals surface area (Å²) in [5.74, 6) is 0.873. The highest BCUT2D eigenvalue weighted by molar-refractivity contribution is 6.30. The SMILES string of the molecule is CNCc1cc(Cl)ccc1OCc1ccccc1. The van der Waals surface area contributed by atoms with E-state index < -0.39 is 0 Å². The number of ether oxygens (including phenoxy) is 1. The van der Waals surface area contributed by atoms with Gasteiger partial charge in [-0.25, -0.2) is 0 Å². The van der Waals surface area contributed by atoms with Gasteiger partial charge in [0.05, 0.1) is 0 Å². The molecule has 2 aromatic carbocycles. The fourth-order valence-corrected chi connectivity index (χ4v) is 1.95. The lowest BCUT2D eigenvalue weighted by molar-refractivity contribution is 0.302. The van der Waals surface area contributed by atoms with Crippen LogP contribution in [-0.2, 0) is 13.2 Å². The second-order valence-corrected chi connectivity index (χ2v) is 4.49. The van der Waals surface area contributed by atoms with E-state index in [4.69, 9.17) is 16.3 Å². The maximum absolute atomic E-state index is 5.99. The molecule has 0 aliphatic carbocycles. The van der Waals surface area contributed by atoms with Crippen molar-refractivity contribution in [2.75, 3.05) is 7.05 Å². The number of benzene rings is 2. The number of nitrogens with one attached hydrogen (secondary N) is 1. The van der Waals surface area contributed by atoms with E-state index in [-0.39, 0.29) is 0 Å². The first-order valence-corrected chi connectivity index (χ1v) is 6.27. The van der Waals surface area contributed by atoms with E-state index in [1.807, 2.05) is 55.6 Å². The van der Waals surface area contributed by atoms with E-state index in [1.54, 1.807) is 0 Å². The smallest absolute Gasteiger partial charge is 0.124 e. The third-order valence-corrected chi connectivity index (χ3v) is 2.86. The first kappa shape index (κ1) is 12.9. The molecule has 0 spiro atoms. The minimum absolute atomic E-state index is 0.569. The summed E-state index contributed by atoms with van der Waals surface area (Å²) in [6, 6.07) is 15.8. The van der Waals surface area contributed by atoms with Crippen molar-refractivity contribution >= 4 is 11.6 Å². The zero-order valence-electron chi connectivity index (χ0n) is 10.3. The Labute approximate surface area is 113 Å². The molecule has 0 heterocycles. The summed E-state index contributed by atoms with van der Waals surface area (Å²) in [6.45, 7) is 1.31. The molecule has 0 saturated carbocycles. The summed E-state index contributed by atoms with van der Waals surface area (Å²) in [5, 5.41) is 3.84. The quantitative estimate of drug-likeness (QED) is 0.887. The second-order valence-electron chi connectivity index (χ2n) is 4.06. The van der Waals surface area contributed by atoms with Crippen molar-refractivity contribution in [1.29, 1.82) is 0 Å². The molecule has 0 aromatic heterocycles. The molecule has 0 aliphatic rings. The predicted molar refractivity (Wildman–Crippen MR) is 75.0 cm³/mol. The molecule has 2 aromatic rings. The summed E-state index contributed by atoms with van der Waals surface area (Å²) in [6.07, 6.45) is 0. The molecular formula is C15H16ClNO. The molecule has 0 aliphatic heterocycles. The molecule has 94 valence electrons. The summed E-state index contributed by atoms with van der Waals surface area (Å²) in [7, 11) is 1.90. The largest absolute Gasteiger partial charge is 0.489 e. The molecule has 2 nitrogen and oxygen atoms in total. The molecule has 1 N–H and O–H groups in total. The highest BCUT2D eigenvalue weighted by atomic mass is 35.5. The minimum Gasteiger partial charge on any atom is -0.489 e. The molecule has 0 bridgehead atoms. The van der Waals surface area contributed by atoms with Gasteiger partial charge in [-0.1, -0.05) is 41.9 Å². The molecule has 0 saturated heterocycles. The van der Waals surface area contributed by atoms with Crippen molar-refractivity contribution < 1.29 is 4.74 Å². The zero-order valence-corrected chi connectivity index (χ0v) is 11.1. The van der Waals surface area contributed by atoms with E-state index in [0.29, 0.717) is 6.61 Å². The third kappa shape index (κ3) is 3.49.